The third-order valence-electron chi connectivity index (χ3n) is 6.88. The SMILES string of the molecule is CC(=O)N(C)c1ncc(Cl)c(CCl)c1Cl.CC(=O)N(C)c1ncc(Cl)c(COc2cccc3c(-n4ccnc4)cc(C)nc23)c1Cl. The molecule has 1 aromatic carbocycles. The van der Waals surface area contributed by atoms with Crippen molar-refractivity contribution in [3.05, 3.63) is 92.3 Å². The second kappa shape index (κ2) is 15.3. The van der Waals surface area contributed by atoms with Gasteiger partial charge in [0.25, 0.3) is 0 Å². The number of ether oxygens (including phenoxy) is 1. The number of rotatable bonds is 7. The number of hydrogen-bond donors (Lipinski definition) is 0. The third kappa shape index (κ3) is 7.65. The first kappa shape index (κ1) is 35.2. The Morgan fingerprint density at radius 1 is 0.913 bits per heavy atom. The van der Waals surface area contributed by atoms with Gasteiger partial charge < -0.3 is 9.30 Å². The van der Waals surface area contributed by atoms with Gasteiger partial charge in [0.1, 0.15) is 17.9 Å². The van der Waals surface area contributed by atoms with Crippen molar-refractivity contribution in [2.24, 2.45) is 0 Å². The Bertz CT molecular complexity index is 1900. The summed E-state index contributed by atoms with van der Waals surface area (Å²) in [5, 5.41) is 2.26. The number of carbonyl (C=O) groups excluding carboxylic acids is 2. The van der Waals surface area contributed by atoms with Crippen molar-refractivity contribution >= 4 is 92.4 Å². The van der Waals surface area contributed by atoms with Gasteiger partial charge in [0, 0.05) is 74.9 Å². The zero-order chi connectivity index (χ0) is 33.7. The van der Waals surface area contributed by atoms with Crippen molar-refractivity contribution in [1.82, 2.24) is 24.5 Å². The smallest absolute Gasteiger partial charge is 0.224 e. The first-order valence-electron chi connectivity index (χ1n) is 13.6. The van der Waals surface area contributed by atoms with Crippen LogP contribution in [-0.2, 0) is 22.1 Å². The summed E-state index contributed by atoms with van der Waals surface area (Å²) in [5.74, 6) is 1.11. The summed E-state index contributed by atoms with van der Waals surface area (Å²) >= 11 is 30.4. The van der Waals surface area contributed by atoms with E-state index in [9.17, 15) is 9.59 Å². The fraction of sp³-hybridized carbons (Fsp3) is 0.226. The lowest BCUT2D eigenvalue weighted by Gasteiger charge is -2.18. The highest BCUT2D eigenvalue weighted by Crippen LogP contribution is 2.35. The molecule has 0 aliphatic heterocycles. The molecule has 4 heterocycles. The number of hydrogen-bond acceptors (Lipinski definition) is 7. The van der Waals surface area contributed by atoms with Gasteiger partial charge in [-0.05, 0) is 19.1 Å². The molecular formula is C31H28Cl5N7O3. The van der Waals surface area contributed by atoms with Crippen molar-refractivity contribution in [3.63, 3.8) is 0 Å². The van der Waals surface area contributed by atoms with Gasteiger partial charge in [-0.25, -0.2) is 19.9 Å². The second-order valence-corrected chi connectivity index (χ2v) is 11.8. The van der Waals surface area contributed by atoms with E-state index in [0.29, 0.717) is 49.1 Å². The number of imidazole rings is 1. The molecule has 5 aromatic rings. The number of pyridine rings is 3. The quantitative estimate of drug-likeness (QED) is 0.156. The summed E-state index contributed by atoms with van der Waals surface area (Å²) < 4.78 is 8.03. The van der Waals surface area contributed by atoms with Gasteiger partial charge in [0.15, 0.2) is 11.6 Å². The van der Waals surface area contributed by atoms with Crippen LogP contribution in [0.3, 0.4) is 0 Å². The maximum Gasteiger partial charge on any atom is 0.224 e. The van der Waals surface area contributed by atoms with Crippen LogP contribution in [0.1, 0.15) is 30.7 Å². The molecule has 2 amide bonds. The Kier molecular flexibility index (Phi) is 11.7. The maximum atomic E-state index is 11.7. The number of carbonyl (C=O) groups is 2. The molecule has 46 heavy (non-hydrogen) atoms. The van der Waals surface area contributed by atoms with Crippen molar-refractivity contribution in [1.29, 1.82) is 0 Å². The van der Waals surface area contributed by atoms with Crippen LogP contribution >= 0.6 is 58.0 Å². The number of alkyl halides is 1. The molecule has 0 atom stereocenters. The number of fused-ring (bicyclic) bond motifs is 1. The number of anilines is 2. The summed E-state index contributed by atoms with van der Waals surface area (Å²) in [6.45, 7) is 4.88. The van der Waals surface area contributed by atoms with Crippen LogP contribution in [-0.4, -0.2) is 50.4 Å². The average molecular weight is 724 g/mol. The molecule has 5 rings (SSSR count). The Labute approximate surface area is 290 Å². The van der Waals surface area contributed by atoms with Gasteiger partial charge >= 0.3 is 0 Å². The van der Waals surface area contributed by atoms with Crippen LogP contribution in [0, 0.1) is 6.92 Å². The van der Waals surface area contributed by atoms with Gasteiger partial charge in [-0.1, -0.05) is 58.5 Å². The summed E-state index contributed by atoms with van der Waals surface area (Å²) in [6, 6.07) is 7.72. The first-order chi connectivity index (χ1) is 21.8. The molecule has 0 bridgehead atoms. The molecule has 0 fully saturated rings. The fourth-order valence-electron chi connectivity index (χ4n) is 4.22. The van der Waals surface area contributed by atoms with Gasteiger partial charge in [-0.15, -0.1) is 11.6 Å². The van der Waals surface area contributed by atoms with Crippen LogP contribution in [0.4, 0.5) is 11.6 Å². The van der Waals surface area contributed by atoms with Crippen LogP contribution in [0.25, 0.3) is 16.6 Å². The molecule has 0 radical (unpaired) electrons. The largest absolute Gasteiger partial charge is 0.487 e. The topological polar surface area (TPSA) is 106 Å². The highest BCUT2D eigenvalue weighted by Gasteiger charge is 2.19. The van der Waals surface area contributed by atoms with Gasteiger partial charge in [-0.2, -0.15) is 0 Å². The van der Waals surface area contributed by atoms with Crippen molar-refractivity contribution in [2.45, 2.75) is 33.3 Å². The summed E-state index contributed by atoms with van der Waals surface area (Å²) in [6.07, 6.45) is 8.24. The molecule has 0 aliphatic carbocycles. The number of aromatic nitrogens is 5. The van der Waals surface area contributed by atoms with E-state index in [4.69, 9.17) is 62.7 Å². The minimum atomic E-state index is -0.190. The summed E-state index contributed by atoms with van der Waals surface area (Å²) in [4.78, 5) is 42.6. The molecule has 4 aromatic heterocycles. The standard InChI is InChI=1S/C22H19Cl2N5O2.C9H9Cl3N2O/c1-13-9-18(29-8-7-25-12-29)15-5-4-6-19(21(15)27-13)31-11-16-17(23)10-26-22(20(16)24)28(3)14(2)30;1-5(15)14(2)9-8(12)6(3-10)7(11)4-13-9/h4-10,12H,11H2,1-3H3;4H,3H2,1-2H3. The van der Waals surface area contributed by atoms with E-state index < -0.39 is 0 Å². The van der Waals surface area contributed by atoms with Crippen molar-refractivity contribution < 1.29 is 14.3 Å². The van der Waals surface area contributed by atoms with Crippen LogP contribution in [0.2, 0.25) is 20.1 Å². The van der Waals surface area contributed by atoms with Gasteiger partial charge in [0.2, 0.25) is 11.8 Å². The first-order valence-corrected chi connectivity index (χ1v) is 15.6. The Hall–Kier alpha value is -3.67. The summed E-state index contributed by atoms with van der Waals surface area (Å²) in [5.41, 5.74) is 3.64. The molecule has 0 spiro atoms. The molecule has 0 unspecified atom stereocenters. The number of aryl methyl sites for hydroxylation is 1. The molecule has 0 saturated carbocycles. The lowest BCUT2D eigenvalue weighted by atomic mass is 10.1. The Morgan fingerprint density at radius 2 is 1.50 bits per heavy atom. The minimum absolute atomic E-state index is 0.0913. The van der Waals surface area contributed by atoms with Gasteiger partial charge in [-0.3, -0.25) is 19.4 Å². The second-order valence-electron chi connectivity index (χ2n) is 9.93. The molecule has 0 aliphatic rings. The molecule has 10 nitrogen and oxygen atoms in total. The predicted octanol–water partition coefficient (Wildman–Crippen LogP) is 8.10. The Morgan fingerprint density at radius 3 is 2.04 bits per heavy atom. The van der Waals surface area contributed by atoms with Crippen LogP contribution in [0.5, 0.6) is 5.75 Å². The van der Waals surface area contributed by atoms with Crippen LogP contribution < -0.4 is 14.5 Å². The normalized spacial score (nSPS) is 10.7. The number of para-hydroxylation sites is 1. The van der Waals surface area contributed by atoms with Crippen molar-refractivity contribution in [3.8, 4) is 11.4 Å². The van der Waals surface area contributed by atoms with E-state index in [-0.39, 0.29) is 29.3 Å². The maximum absolute atomic E-state index is 11.7. The van der Waals surface area contributed by atoms with E-state index >= 15 is 0 Å². The molecule has 0 N–H and O–H groups in total. The lowest BCUT2D eigenvalue weighted by Crippen LogP contribution is -2.24. The average Bonchev–Trinajstić information content (AvgIpc) is 3.56. The monoisotopic (exact) mass is 721 g/mol. The molecule has 15 heteroatoms. The molecule has 240 valence electrons. The van der Waals surface area contributed by atoms with E-state index in [1.807, 2.05) is 42.0 Å². The highest BCUT2D eigenvalue weighted by atomic mass is 35.5. The zero-order valence-corrected chi connectivity index (χ0v) is 29.1. The predicted molar refractivity (Wildman–Crippen MR) is 184 cm³/mol. The highest BCUT2D eigenvalue weighted by molar-refractivity contribution is 6.39. The minimum Gasteiger partial charge on any atom is -0.487 e. The van der Waals surface area contributed by atoms with E-state index in [1.165, 1.54) is 36.0 Å². The number of benzene rings is 1. The zero-order valence-electron chi connectivity index (χ0n) is 25.4. The lowest BCUT2D eigenvalue weighted by molar-refractivity contribution is -0.117. The third-order valence-corrected chi connectivity index (χ3v) is 8.59. The van der Waals surface area contributed by atoms with Crippen LogP contribution in [0.15, 0.2) is 55.4 Å². The van der Waals surface area contributed by atoms with Crippen molar-refractivity contribution in [2.75, 3.05) is 23.9 Å². The van der Waals surface area contributed by atoms with E-state index in [0.717, 1.165) is 16.8 Å². The van der Waals surface area contributed by atoms with E-state index in [2.05, 4.69) is 19.9 Å². The summed E-state index contributed by atoms with van der Waals surface area (Å²) in [7, 11) is 3.19. The number of nitrogens with zero attached hydrogens (tertiary/aromatic N) is 7. The van der Waals surface area contributed by atoms with Gasteiger partial charge in [0.05, 0.1) is 38.0 Å². The fourth-order valence-corrected chi connectivity index (χ4v) is 5.81. The van der Waals surface area contributed by atoms with E-state index in [1.54, 1.807) is 26.6 Å². The Balaban J connectivity index is 0.000000270. The molecule has 0 saturated heterocycles. The number of halogens is 5. The molecular weight excluding hydrogens is 696 g/mol. The number of amides is 2.